The summed E-state index contributed by atoms with van der Waals surface area (Å²) < 4.78 is 31.8. The van der Waals surface area contributed by atoms with E-state index in [9.17, 15) is 8.42 Å². The van der Waals surface area contributed by atoms with Gasteiger partial charge in [0.05, 0.1) is 11.5 Å². The average molecular weight is 301 g/mol. The number of nitrogens with one attached hydrogen (secondary N) is 2. The minimum atomic E-state index is -3.42. The monoisotopic (exact) mass is 301 g/mol. The molecule has 6 nitrogen and oxygen atoms in total. The van der Waals surface area contributed by atoms with Crippen molar-refractivity contribution in [2.75, 3.05) is 33.9 Å². The first-order chi connectivity index (χ1) is 9.54. The van der Waals surface area contributed by atoms with Crippen molar-refractivity contribution in [3.8, 4) is 0 Å². The summed E-state index contributed by atoms with van der Waals surface area (Å²) in [7, 11) is 0.0401. The average Bonchev–Trinajstić information content (AvgIpc) is 2.89. The van der Waals surface area contributed by atoms with Crippen molar-refractivity contribution >= 4 is 10.0 Å². The third-order valence-electron chi connectivity index (χ3n) is 3.56. The summed E-state index contributed by atoms with van der Waals surface area (Å²) in [5, 5.41) is 2.99. The molecule has 2 rings (SSSR count). The van der Waals surface area contributed by atoms with E-state index in [-0.39, 0.29) is 0 Å². The number of sulfonamides is 1. The molecule has 1 aliphatic rings. The Morgan fingerprint density at radius 3 is 3.00 bits per heavy atom. The van der Waals surface area contributed by atoms with E-state index in [1.54, 1.807) is 19.3 Å². The second-order valence-corrected chi connectivity index (χ2v) is 7.30. The van der Waals surface area contributed by atoms with Gasteiger partial charge in [-0.05, 0) is 31.9 Å². The van der Waals surface area contributed by atoms with Gasteiger partial charge in [0.25, 0.3) is 0 Å². The molecule has 0 bridgehead atoms. The first kappa shape index (κ1) is 15.5. The van der Waals surface area contributed by atoms with Crippen LogP contribution in [-0.2, 0) is 21.3 Å². The molecule has 20 heavy (non-hydrogen) atoms. The molecule has 0 saturated carbocycles. The molecule has 2 heterocycles. The summed E-state index contributed by atoms with van der Waals surface area (Å²) in [6.45, 7) is 2.57. The van der Waals surface area contributed by atoms with Crippen molar-refractivity contribution in [2.45, 2.75) is 24.3 Å². The van der Waals surface area contributed by atoms with Gasteiger partial charge in [0.2, 0.25) is 10.0 Å². The third kappa shape index (κ3) is 3.60. The van der Waals surface area contributed by atoms with Gasteiger partial charge in [0.1, 0.15) is 0 Å². The van der Waals surface area contributed by atoms with Crippen LogP contribution in [0.3, 0.4) is 0 Å². The van der Waals surface area contributed by atoms with E-state index in [2.05, 4.69) is 10.3 Å². The van der Waals surface area contributed by atoms with Gasteiger partial charge in [0.15, 0.2) is 0 Å². The number of aromatic amines is 1. The molecular weight excluding hydrogens is 278 g/mol. The summed E-state index contributed by atoms with van der Waals surface area (Å²) >= 11 is 0. The maximum Gasteiger partial charge on any atom is 0.244 e. The predicted octanol–water partition coefficient (Wildman–Crippen LogP) is 0.781. The molecule has 1 aromatic rings. The number of hydrogen-bond donors (Lipinski definition) is 2. The molecule has 1 unspecified atom stereocenters. The van der Waals surface area contributed by atoms with Crippen molar-refractivity contribution in [3.63, 3.8) is 0 Å². The van der Waals surface area contributed by atoms with E-state index < -0.39 is 10.0 Å². The summed E-state index contributed by atoms with van der Waals surface area (Å²) in [6.07, 6.45) is 3.59. The normalized spacial score (nSPS) is 20.4. The molecule has 0 aliphatic carbocycles. The van der Waals surface area contributed by atoms with E-state index in [0.717, 1.165) is 25.1 Å². The topological polar surface area (TPSA) is 74.4 Å². The highest BCUT2D eigenvalue weighted by Crippen LogP contribution is 2.20. The van der Waals surface area contributed by atoms with E-state index in [1.807, 2.05) is 7.05 Å². The van der Waals surface area contributed by atoms with Crippen LogP contribution in [0.15, 0.2) is 17.2 Å². The van der Waals surface area contributed by atoms with Gasteiger partial charge < -0.3 is 15.0 Å². The molecule has 1 atom stereocenters. The Hall–Kier alpha value is -0.890. The van der Waals surface area contributed by atoms with E-state index in [4.69, 9.17) is 4.74 Å². The van der Waals surface area contributed by atoms with Crippen molar-refractivity contribution in [1.29, 1.82) is 0 Å². The molecular formula is C13H23N3O3S. The Morgan fingerprint density at radius 1 is 1.55 bits per heavy atom. The van der Waals surface area contributed by atoms with Crippen molar-refractivity contribution in [1.82, 2.24) is 14.6 Å². The summed E-state index contributed by atoms with van der Waals surface area (Å²) in [5.41, 5.74) is 0.862. The van der Waals surface area contributed by atoms with Gasteiger partial charge in [0, 0.05) is 38.6 Å². The number of ether oxygens (including phenoxy) is 1. The van der Waals surface area contributed by atoms with Crippen LogP contribution in [0.25, 0.3) is 0 Å². The fraction of sp³-hybridized carbons (Fsp3) is 0.692. The summed E-state index contributed by atoms with van der Waals surface area (Å²) in [5.74, 6) is 0.291. The van der Waals surface area contributed by atoms with Crippen LogP contribution in [0.5, 0.6) is 0 Å². The smallest absolute Gasteiger partial charge is 0.244 e. The van der Waals surface area contributed by atoms with E-state index in [0.29, 0.717) is 30.5 Å². The van der Waals surface area contributed by atoms with Crippen LogP contribution < -0.4 is 5.32 Å². The molecule has 1 fully saturated rings. The highest BCUT2D eigenvalue weighted by atomic mass is 32.2. The zero-order valence-electron chi connectivity index (χ0n) is 12.1. The first-order valence-corrected chi connectivity index (χ1v) is 8.34. The first-order valence-electron chi connectivity index (χ1n) is 6.90. The Kier molecular flexibility index (Phi) is 5.20. The second kappa shape index (κ2) is 6.71. The lowest BCUT2D eigenvalue weighted by molar-refractivity contribution is 0.0495. The molecule has 2 N–H and O–H groups in total. The Labute approximate surface area is 120 Å². The number of nitrogens with zero attached hydrogens (tertiary/aromatic N) is 1. The largest absolute Gasteiger partial charge is 0.381 e. The van der Waals surface area contributed by atoms with Crippen molar-refractivity contribution < 1.29 is 13.2 Å². The number of aromatic nitrogens is 1. The highest BCUT2D eigenvalue weighted by Gasteiger charge is 2.25. The minimum Gasteiger partial charge on any atom is -0.381 e. The fourth-order valence-corrected chi connectivity index (χ4v) is 3.72. The summed E-state index contributed by atoms with van der Waals surface area (Å²) in [4.78, 5) is 3.30. The lowest BCUT2D eigenvalue weighted by Crippen LogP contribution is -2.35. The molecule has 1 aromatic heterocycles. The van der Waals surface area contributed by atoms with Crippen LogP contribution in [0.2, 0.25) is 0 Å². The van der Waals surface area contributed by atoms with Gasteiger partial charge in [-0.1, -0.05) is 0 Å². The van der Waals surface area contributed by atoms with Crippen LogP contribution in [0.4, 0.5) is 0 Å². The van der Waals surface area contributed by atoms with Gasteiger partial charge >= 0.3 is 0 Å². The maximum atomic E-state index is 12.5. The Morgan fingerprint density at radius 2 is 2.35 bits per heavy atom. The summed E-state index contributed by atoms with van der Waals surface area (Å²) in [6, 6.07) is 1.68. The van der Waals surface area contributed by atoms with Crippen LogP contribution >= 0.6 is 0 Å². The van der Waals surface area contributed by atoms with Crippen molar-refractivity contribution in [3.05, 3.63) is 18.0 Å². The molecule has 7 heteroatoms. The van der Waals surface area contributed by atoms with E-state index >= 15 is 0 Å². The van der Waals surface area contributed by atoms with Crippen LogP contribution in [0.1, 0.15) is 18.5 Å². The molecule has 1 saturated heterocycles. The SMILES string of the molecule is CNCc1cc(S(=O)(=O)N(C)CC2CCCOC2)c[nH]1. The zero-order chi connectivity index (χ0) is 14.6. The molecule has 0 spiro atoms. The van der Waals surface area contributed by atoms with Crippen molar-refractivity contribution in [2.24, 2.45) is 5.92 Å². The number of hydrogen-bond acceptors (Lipinski definition) is 4. The quantitative estimate of drug-likeness (QED) is 0.814. The maximum absolute atomic E-state index is 12.5. The van der Waals surface area contributed by atoms with Gasteiger partial charge in [-0.3, -0.25) is 0 Å². The Bertz CT molecular complexity index is 521. The molecule has 1 aliphatic heterocycles. The van der Waals surface area contributed by atoms with E-state index in [1.165, 1.54) is 4.31 Å². The molecule has 0 aromatic carbocycles. The van der Waals surface area contributed by atoms with Crippen LogP contribution in [-0.4, -0.2) is 51.6 Å². The Balaban J connectivity index is 2.03. The lowest BCUT2D eigenvalue weighted by atomic mass is 10.0. The highest BCUT2D eigenvalue weighted by molar-refractivity contribution is 7.89. The van der Waals surface area contributed by atoms with Gasteiger partial charge in [-0.25, -0.2) is 12.7 Å². The lowest BCUT2D eigenvalue weighted by Gasteiger charge is -2.26. The molecule has 0 amide bonds. The van der Waals surface area contributed by atoms with Gasteiger partial charge in [-0.15, -0.1) is 0 Å². The standard InChI is InChI=1S/C13H23N3O3S/c1-14-7-12-6-13(8-15-12)20(17,18)16(2)9-11-4-3-5-19-10-11/h6,8,11,14-15H,3-5,7,9-10H2,1-2H3. The van der Waals surface area contributed by atoms with Gasteiger partial charge in [-0.2, -0.15) is 0 Å². The second-order valence-electron chi connectivity index (χ2n) is 5.26. The minimum absolute atomic E-state index is 0.291. The molecule has 0 radical (unpaired) electrons. The number of rotatable bonds is 6. The fourth-order valence-electron chi connectivity index (χ4n) is 2.45. The third-order valence-corrected chi connectivity index (χ3v) is 5.36. The number of H-pyrrole nitrogens is 1. The van der Waals surface area contributed by atoms with Crippen LogP contribution in [0, 0.1) is 5.92 Å². The molecule has 114 valence electrons. The predicted molar refractivity (Wildman–Crippen MR) is 76.9 cm³/mol. The zero-order valence-corrected chi connectivity index (χ0v) is 12.9.